The minimum absolute atomic E-state index is 0.109. The van der Waals surface area contributed by atoms with Gasteiger partial charge in [0.1, 0.15) is 17.5 Å². The summed E-state index contributed by atoms with van der Waals surface area (Å²) in [5.74, 6) is -0.590. The fraction of sp³-hybridized carbons (Fsp3) is 0.450. The molecular formula is C20H24N4O4. The molecule has 28 heavy (non-hydrogen) atoms. The van der Waals surface area contributed by atoms with E-state index in [0.717, 1.165) is 31.6 Å². The van der Waals surface area contributed by atoms with E-state index in [-0.39, 0.29) is 11.3 Å². The lowest BCUT2D eigenvalue weighted by atomic mass is 9.77. The monoisotopic (exact) mass is 384 g/mol. The SMILES string of the molecule is COc1ccccc1-n1cc(C(=O)N2CC3(CCNCC3)CC2C(=O)O)cn1. The van der Waals surface area contributed by atoms with Crippen molar-refractivity contribution in [2.45, 2.75) is 25.3 Å². The van der Waals surface area contributed by atoms with E-state index in [9.17, 15) is 14.7 Å². The van der Waals surface area contributed by atoms with Gasteiger partial charge in [0.05, 0.1) is 18.9 Å². The van der Waals surface area contributed by atoms with E-state index in [1.165, 1.54) is 11.1 Å². The molecule has 148 valence electrons. The predicted molar refractivity (Wildman–Crippen MR) is 102 cm³/mol. The van der Waals surface area contributed by atoms with E-state index in [4.69, 9.17) is 4.74 Å². The fourth-order valence-electron chi connectivity index (χ4n) is 4.36. The first-order valence-electron chi connectivity index (χ1n) is 9.46. The second-order valence-corrected chi connectivity index (χ2v) is 7.59. The van der Waals surface area contributed by atoms with Crippen LogP contribution in [0.25, 0.3) is 5.69 Å². The number of carboxylic acids is 1. The van der Waals surface area contributed by atoms with Crippen LogP contribution in [0.2, 0.25) is 0 Å². The summed E-state index contributed by atoms with van der Waals surface area (Å²) in [6, 6.07) is 6.60. The molecule has 1 spiro atoms. The van der Waals surface area contributed by atoms with Gasteiger partial charge >= 0.3 is 5.97 Å². The minimum Gasteiger partial charge on any atom is -0.494 e. The maximum absolute atomic E-state index is 13.1. The number of hydrogen-bond donors (Lipinski definition) is 2. The van der Waals surface area contributed by atoms with Crippen molar-refractivity contribution in [2.24, 2.45) is 5.41 Å². The maximum Gasteiger partial charge on any atom is 0.326 e. The molecular weight excluding hydrogens is 360 g/mol. The van der Waals surface area contributed by atoms with Gasteiger partial charge in [-0.15, -0.1) is 0 Å². The van der Waals surface area contributed by atoms with Gasteiger partial charge < -0.3 is 20.1 Å². The number of aliphatic carboxylic acids is 1. The van der Waals surface area contributed by atoms with E-state index in [1.54, 1.807) is 18.0 Å². The normalized spacial score (nSPS) is 21.0. The lowest BCUT2D eigenvalue weighted by molar-refractivity contribution is -0.141. The summed E-state index contributed by atoms with van der Waals surface area (Å²) < 4.78 is 6.93. The summed E-state index contributed by atoms with van der Waals surface area (Å²) in [7, 11) is 1.58. The van der Waals surface area contributed by atoms with Gasteiger partial charge in [0.2, 0.25) is 0 Å². The van der Waals surface area contributed by atoms with Gasteiger partial charge in [0.25, 0.3) is 5.91 Å². The van der Waals surface area contributed by atoms with Crippen molar-refractivity contribution >= 4 is 11.9 Å². The van der Waals surface area contributed by atoms with Crippen LogP contribution in [-0.4, -0.2) is 64.4 Å². The Hall–Kier alpha value is -2.87. The number of para-hydroxylation sites is 2. The van der Waals surface area contributed by atoms with E-state index < -0.39 is 12.0 Å². The first-order valence-corrected chi connectivity index (χ1v) is 9.46. The Morgan fingerprint density at radius 2 is 2.04 bits per heavy atom. The number of carboxylic acid groups (broad SMARTS) is 1. The number of hydrogen-bond acceptors (Lipinski definition) is 5. The molecule has 0 saturated carbocycles. The van der Waals surface area contributed by atoms with E-state index >= 15 is 0 Å². The molecule has 4 rings (SSSR count). The third-order valence-electron chi connectivity index (χ3n) is 5.88. The number of carbonyl (C=O) groups excluding carboxylic acids is 1. The summed E-state index contributed by atoms with van der Waals surface area (Å²) in [6.45, 7) is 2.20. The van der Waals surface area contributed by atoms with Gasteiger partial charge in [-0.05, 0) is 49.9 Å². The molecule has 0 aliphatic carbocycles. The number of amides is 1. The largest absolute Gasteiger partial charge is 0.494 e. The van der Waals surface area contributed by atoms with Crippen molar-refractivity contribution in [3.8, 4) is 11.4 Å². The number of likely N-dealkylation sites (tertiary alicyclic amines) is 1. The summed E-state index contributed by atoms with van der Waals surface area (Å²) >= 11 is 0. The number of methoxy groups -OCH3 is 1. The summed E-state index contributed by atoms with van der Waals surface area (Å²) in [5, 5.41) is 17.3. The lowest BCUT2D eigenvalue weighted by Gasteiger charge is -2.33. The highest BCUT2D eigenvalue weighted by molar-refractivity contribution is 5.96. The molecule has 2 fully saturated rings. The van der Waals surface area contributed by atoms with Crippen molar-refractivity contribution < 1.29 is 19.4 Å². The minimum atomic E-state index is -0.944. The molecule has 3 heterocycles. The first-order chi connectivity index (χ1) is 13.5. The van der Waals surface area contributed by atoms with Crippen molar-refractivity contribution in [2.75, 3.05) is 26.7 Å². The lowest BCUT2D eigenvalue weighted by Crippen LogP contribution is -2.41. The Balaban J connectivity index is 1.60. The van der Waals surface area contributed by atoms with Crippen LogP contribution in [0.1, 0.15) is 29.6 Å². The second-order valence-electron chi connectivity index (χ2n) is 7.59. The number of aromatic nitrogens is 2. The third-order valence-corrected chi connectivity index (χ3v) is 5.88. The Bertz CT molecular complexity index is 888. The number of carbonyl (C=O) groups is 2. The number of benzene rings is 1. The molecule has 2 aliphatic heterocycles. The van der Waals surface area contributed by atoms with Crippen molar-refractivity contribution in [1.82, 2.24) is 20.0 Å². The highest BCUT2D eigenvalue weighted by Gasteiger charge is 2.49. The van der Waals surface area contributed by atoms with E-state index in [2.05, 4.69) is 10.4 Å². The number of piperidine rings is 1. The summed E-state index contributed by atoms with van der Waals surface area (Å²) in [4.78, 5) is 26.5. The van der Waals surface area contributed by atoms with E-state index in [1.807, 2.05) is 24.3 Å². The molecule has 2 N–H and O–H groups in total. The molecule has 2 aromatic rings. The molecule has 8 heteroatoms. The number of ether oxygens (including phenoxy) is 1. The van der Waals surface area contributed by atoms with Crippen LogP contribution in [0.4, 0.5) is 0 Å². The van der Waals surface area contributed by atoms with Gasteiger partial charge in [-0.1, -0.05) is 12.1 Å². The average molecular weight is 384 g/mol. The number of nitrogens with one attached hydrogen (secondary N) is 1. The fourth-order valence-corrected chi connectivity index (χ4v) is 4.36. The molecule has 1 amide bonds. The molecule has 1 aromatic carbocycles. The highest BCUT2D eigenvalue weighted by atomic mass is 16.5. The topological polar surface area (TPSA) is 96.7 Å². The van der Waals surface area contributed by atoms with Crippen LogP contribution < -0.4 is 10.1 Å². The van der Waals surface area contributed by atoms with Crippen molar-refractivity contribution in [1.29, 1.82) is 0 Å². The predicted octanol–water partition coefficient (Wildman–Crippen LogP) is 1.55. The standard InChI is InChI=1S/C20H24N4O4/c1-28-17-5-3-2-4-15(17)24-12-14(11-22-24)18(25)23-13-20(6-8-21-9-7-20)10-16(23)19(26)27/h2-5,11-12,16,21H,6-10,13H2,1H3,(H,26,27). The highest BCUT2D eigenvalue weighted by Crippen LogP contribution is 2.42. The van der Waals surface area contributed by atoms with Crippen LogP contribution >= 0.6 is 0 Å². The summed E-state index contributed by atoms with van der Waals surface area (Å²) in [5.41, 5.74) is 0.987. The molecule has 0 bridgehead atoms. The van der Waals surface area contributed by atoms with Crippen LogP contribution in [0.3, 0.4) is 0 Å². The Morgan fingerprint density at radius 1 is 1.29 bits per heavy atom. The van der Waals surface area contributed by atoms with Gasteiger partial charge in [0, 0.05) is 12.7 Å². The van der Waals surface area contributed by atoms with Gasteiger partial charge in [-0.3, -0.25) is 4.79 Å². The Labute approximate surface area is 163 Å². The molecule has 2 saturated heterocycles. The van der Waals surface area contributed by atoms with E-state index in [0.29, 0.717) is 24.3 Å². The molecule has 1 atom stereocenters. The Kier molecular flexibility index (Phi) is 4.80. The third kappa shape index (κ3) is 3.24. The maximum atomic E-state index is 13.1. The second kappa shape index (κ2) is 7.27. The zero-order chi connectivity index (χ0) is 19.7. The van der Waals surface area contributed by atoms with Gasteiger partial charge in [0.15, 0.2) is 0 Å². The number of rotatable bonds is 4. The quantitative estimate of drug-likeness (QED) is 0.830. The van der Waals surface area contributed by atoms with Crippen LogP contribution in [0.5, 0.6) is 5.75 Å². The van der Waals surface area contributed by atoms with Gasteiger partial charge in [-0.25, -0.2) is 9.48 Å². The molecule has 0 radical (unpaired) electrons. The summed E-state index contributed by atoms with van der Waals surface area (Å²) in [6.07, 6.45) is 5.41. The molecule has 1 unspecified atom stereocenters. The molecule has 2 aliphatic rings. The average Bonchev–Trinajstić information content (AvgIpc) is 3.34. The van der Waals surface area contributed by atoms with Crippen LogP contribution in [0.15, 0.2) is 36.7 Å². The van der Waals surface area contributed by atoms with Crippen molar-refractivity contribution in [3.05, 3.63) is 42.2 Å². The molecule has 8 nitrogen and oxygen atoms in total. The van der Waals surface area contributed by atoms with Gasteiger partial charge in [-0.2, -0.15) is 5.10 Å². The Morgan fingerprint density at radius 3 is 2.75 bits per heavy atom. The van der Waals surface area contributed by atoms with Crippen molar-refractivity contribution in [3.63, 3.8) is 0 Å². The first kappa shape index (κ1) is 18.5. The molecule has 1 aromatic heterocycles. The smallest absolute Gasteiger partial charge is 0.326 e. The zero-order valence-electron chi connectivity index (χ0n) is 15.8. The zero-order valence-corrected chi connectivity index (χ0v) is 15.8. The number of nitrogens with zero attached hydrogens (tertiary/aromatic N) is 3. The van der Waals surface area contributed by atoms with Crippen LogP contribution in [0, 0.1) is 5.41 Å². The van der Waals surface area contributed by atoms with Crippen LogP contribution in [-0.2, 0) is 4.79 Å².